The second kappa shape index (κ2) is 4.93. The molecule has 70 valence electrons. The van der Waals surface area contributed by atoms with Crippen molar-refractivity contribution in [1.82, 2.24) is 5.01 Å². The molecule has 0 aliphatic heterocycles. The van der Waals surface area contributed by atoms with Crippen LogP contribution in [-0.4, -0.2) is 17.9 Å². The molecular formula is C9H19N3. The lowest BCUT2D eigenvalue weighted by molar-refractivity contribution is 0.314. The van der Waals surface area contributed by atoms with Crippen LogP contribution in [0.15, 0.2) is 17.8 Å². The van der Waals surface area contributed by atoms with Gasteiger partial charge in [0, 0.05) is 12.7 Å². The first kappa shape index (κ1) is 11.2. The fourth-order valence-electron chi connectivity index (χ4n) is 0.655. The van der Waals surface area contributed by atoms with E-state index in [2.05, 4.69) is 32.3 Å². The zero-order valence-electron chi connectivity index (χ0n) is 8.25. The quantitative estimate of drug-likeness (QED) is 0.301. The zero-order chi connectivity index (χ0) is 9.61. The predicted octanol–water partition coefficient (Wildman–Crippen LogP) is 1.77. The topological polar surface area (TPSA) is 41.6 Å². The van der Waals surface area contributed by atoms with E-state index in [0.717, 1.165) is 13.0 Å². The van der Waals surface area contributed by atoms with Crippen LogP contribution in [0.1, 0.15) is 27.2 Å². The van der Waals surface area contributed by atoms with Crippen LogP contribution >= 0.6 is 0 Å². The number of aliphatic imine (C=N–C) groups is 1. The van der Waals surface area contributed by atoms with Gasteiger partial charge in [-0.2, -0.15) is 0 Å². The van der Waals surface area contributed by atoms with Gasteiger partial charge in [-0.3, -0.25) is 0 Å². The van der Waals surface area contributed by atoms with Gasteiger partial charge in [-0.05, 0) is 11.8 Å². The van der Waals surface area contributed by atoms with E-state index in [0.29, 0.717) is 5.41 Å². The second-order valence-corrected chi connectivity index (χ2v) is 4.00. The fourth-order valence-corrected chi connectivity index (χ4v) is 0.655. The number of nitrogens with two attached hydrogens (primary N) is 1. The van der Waals surface area contributed by atoms with Gasteiger partial charge in [0.15, 0.2) is 0 Å². The molecule has 3 heteroatoms. The van der Waals surface area contributed by atoms with Crippen molar-refractivity contribution in [3.05, 3.63) is 12.8 Å². The SMILES string of the molecule is C=C/N=C\N(N)CCC(C)(C)C. The normalized spacial score (nSPS) is 12.0. The smallest absolute Gasteiger partial charge is 0.104 e. The molecule has 0 atom stereocenters. The van der Waals surface area contributed by atoms with Crippen molar-refractivity contribution in [2.24, 2.45) is 16.3 Å². The molecule has 0 fully saturated rings. The van der Waals surface area contributed by atoms with E-state index < -0.39 is 0 Å². The summed E-state index contributed by atoms with van der Waals surface area (Å²) in [6.07, 6.45) is 4.10. The number of hydrogen-bond donors (Lipinski definition) is 1. The molecule has 0 amide bonds. The molecule has 0 bridgehead atoms. The Bertz CT molecular complexity index is 156. The number of rotatable bonds is 4. The molecule has 3 nitrogen and oxygen atoms in total. The summed E-state index contributed by atoms with van der Waals surface area (Å²) in [5.41, 5.74) is 0.319. The molecule has 0 heterocycles. The number of hydrazine groups is 1. The molecule has 0 unspecified atom stereocenters. The summed E-state index contributed by atoms with van der Waals surface area (Å²) in [4.78, 5) is 3.81. The Balaban J connectivity index is 3.64. The Morgan fingerprint density at radius 2 is 2.08 bits per heavy atom. The van der Waals surface area contributed by atoms with Crippen molar-refractivity contribution in [3.8, 4) is 0 Å². The van der Waals surface area contributed by atoms with E-state index in [1.807, 2.05) is 0 Å². The zero-order valence-corrected chi connectivity index (χ0v) is 8.25. The van der Waals surface area contributed by atoms with Crippen LogP contribution in [-0.2, 0) is 0 Å². The molecule has 0 aromatic rings. The van der Waals surface area contributed by atoms with Gasteiger partial charge in [-0.1, -0.05) is 27.4 Å². The van der Waals surface area contributed by atoms with Crippen molar-refractivity contribution < 1.29 is 0 Å². The second-order valence-electron chi connectivity index (χ2n) is 4.00. The van der Waals surface area contributed by atoms with Gasteiger partial charge in [0.2, 0.25) is 0 Å². The lowest BCUT2D eigenvalue weighted by Crippen LogP contribution is -2.32. The largest absolute Gasteiger partial charge is 0.301 e. The van der Waals surface area contributed by atoms with E-state index in [4.69, 9.17) is 5.84 Å². The molecule has 0 aliphatic carbocycles. The van der Waals surface area contributed by atoms with Crippen LogP contribution in [0.4, 0.5) is 0 Å². The van der Waals surface area contributed by atoms with Gasteiger partial charge in [-0.25, -0.2) is 10.8 Å². The van der Waals surface area contributed by atoms with Crippen LogP contribution in [0, 0.1) is 5.41 Å². The van der Waals surface area contributed by atoms with E-state index >= 15 is 0 Å². The van der Waals surface area contributed by atoms with Gasteiger partial charge in [-0.15, -0.1) is 0 Å². The Morgan fingerprint density at radius 3 is 2.50 bits per heavy atom. The maximum atomic E-state index is 5.60. The highest BCUT2D eigenvalue weighted by Crippen LogP contribution is 2.17. The predicted molar refractivity (Wildman–Crippen MR) is 53.7 cm³/mol. The molecular weight excluding hydrogens is 150 g/mol. The molecule has 0 rings (SSSR count). The van der Waals surface area contributed by atoms with Gasteiger partial charge in [0.1, 0.15) is 6.34 Å². The molecule has 0 aliphatic rings. The maximum Gasteiger partial charge on any atom is 0.104 e. The summed E-state index contributed by atoms with van der Waals surface area (Å²) in [6, 6.07) is 0. The van der Waals surface area contributed by atoms with E-state index in [-0.39, 0.29) is 0 Å². The first-order valence-corrected chi connectivity index (χ1v) is 4.11. The van der Waals surface area contributed by atoms with Crippen molar-refractivity contribution in [1.29, 1.82) is 0 Å². The van der Waals surface area contributed by atoms with Crippen molar-refractivity contribution >= 4 is 6.34 Å². The Hall–Kier alpha value is -0.830. The lowest BCUT2D eigenvalue weighted by atomic mass is 9.92. The van der Waals surface area contributed by atoms with Crippen molar-refractivity contribution in [3.63, 3.8) is 0 Å². The molecule has 0 saturated heterocycles. The Kier molecular flexibility index (Phi) is 4.59. The van der Waals surface area contributed by atoms with Crippen LogP contribution in [0.3, 0.4) is 0 Å². The third-order valence-electron chi connectivity index (χ3n) is 1.44. The van der Waals surface area contributed by atoms with Crippen molar-refractivity contribution in [2.75, 3.05) is 6.54 Å². The fraction of sp³-hybridized carbons (Fsp3) is 0.667. The molecule has 0 spiro atoms. The average molecular weight is 169 g/mol. The summed E-state index contributed by atoms with van der Waals surface area (Å²) in [6.45, 7) is 10.8. The molecule has 0 radical (unpaired) electrons. The summed E-state index contributed by atoms with van der Waals surface area (Å²) >= 11 is 0. The standard InChI is InChI=1S/C9H19N3/c1-5-11-8-12(10)7-6-9(2,3)4/h5,8H,1,6-7,10H2,2-4H3/b11-8-. The van der Waals surface area contributed by atoms with E-state index in [1.165, 1.54) is 6.20 Å². The molecule has 12 heavy (non-hydrogen) atoms. The summed E-state index contributed by atoms with van der Waals surface area (Å²) in [5, 5.41) is 1.58. The maximum absolute atomic E-state index is 5.60. The average Bonchev–Trinajstić information content (AvgIpc) is 1.95. The Labute approximate surface area is 74.9 Å². The van der Waals surface area contributed by atoms with Gasteiger partial charge in [0.05, 0.1) is 0 Å². The molecule has 2 N–H and O–H groups in total. The number of nitrogens with zero attached hydrogens (tertiary/aromatic N) is 2. The van der Waals surface area contributed by atoms with Crippen molar-refractivity contribution in [2.45, 2.75) is 27.2 Å². The minimum Gasteiger partial charge on any atom is -0.301 e. The van der Waals surface area contributed by atoms with Crippen LogP contribution in [0.5, 0.6) is 0 Å². The third kappa shape index (κ3) is 7.28. The van der Waals surface area contributed by atoms with Crippen LogP contribution in [0.25, 0.3) is 0 Å². The third-order valence-corrected chi connectivity index (χ3v) is 1.44. The van der Waals surface area contributed by atoms with Gasteiger partial charge in [0.25, 0.3) is 0 Å². The molecule has 0 aromatic carbocycles. The summed E-state index contributed by atoms with van der Waals surface area (Å²) in [7, 11) is 0. The minimum absolute atomic E-state index is 0.319. The van der Waals surface area contributed by atoms with Crippen LogP contribution < -0.4 is 5.84 Å². The van der Waals surface area contributed by atoms with E-state index in [9.17, 15) is 0 Å². The highest BCUT2D eigenvalue weighted by molar-refractivity contribution is 5.54. The molecule has 0 aromatic heterocycles. The van der Waals surface area contributed by atoms with E-state index in [1.54, 1.807) is 11.3 Å². The van der Waals surface area contributed by atoms with Crippen LogP contribution in [0.2, 0.25) is 0 Å². The number of hydrogen-bond acceptors (Lipinski definition) is 2. The minimum atomic E-state index is 0.319. The highest BCUT2D eigenvalue weighted by atomic mass is 15.4. The lowest BCUT2D eigenvalue weighted by Gasteiger charge is -2.21. The molecule has 0 saturated carbocycles. The summed E-state index contributed by atoms with van der Waals surface area (Å²) in [5.74, 6) is 5.60. The highest BCUT2D eigenvalue weighted by Gasteiger charge is 2.10. The Morgan fingerprint density at radius 1 is 1.50 bits per heavy atom. The monoisotopic (exact) mass is 169 g/mol. The first-order valence-electron chi connectivity index (χ1n) is 4.11. The summed E-state index contributed by atoms with van der Waals surface area (Å²) < 4.78 is 0. The van der Waals surface area contributed by atoms with Gasteiger partial charge >= 0.3 is 0 Å². The first-order chi connectivity index (χ1) is 5.45. The van der Waals surface area contributed by atoms with Gasteiger partial charge < -0.3 is 5.01 Å².